The van der Waals surface area contributed by atoms with Crippen LogP contribution < -0.4 is 9.64 Å². The molecule has 1 amide bonds. The predicted molar refractivity (Wildman–Crippen MR) is 131 cm³/mol. The smallest absolute Gasteiger partial charge is 0.326 e. The fourth-order valence-corrected chi connectivity index (χ4v) is 5.68. The number of hydrogen-bond acceptors (Lipinski definition) is 6. The molecule has 0 bridgehead atoms. The van der Waals surface area contributed by atoms with E-state index < -0.39 is 22.0 Å². The Balaban J connectivity index is 1.85. The molecule has 0 aliphatic carbocycles. The van der Waals surface area contributed by atoms with E-state index >= 15 is 0 Å². The number of fused-ring (bicyclic) bond motifs is 1. The van der Waals surface area contributed by atoms with Gasteiger partial charge in [0.15, 0.2) is 0 Å². The maximum atomic E-state index is 13.8. The van der Waals surface area contributed by atoms with Gasteiger partial charge in [-0.25, -0.2) is 8.42 Å². The van der Waals surface area contributed by atoms with Gasteiger partial charge in [-0.15, -0.1) is 0 Å². The lowest BCUT2D eigenvalue weighted by molar-refractivity contribution is -0.144. The van der Waals surface area contributed by atoms with Gasteiger partial charge in [0.2, 0.25) is 10.0 Å². The Morgan fingerprint density at radius 3 is 2.26 bits per heavy atom. The number of benzene rings is 3. The number of sulfonamides is 1. The van der Waals surface area contributed by atoms with Crippen LogP contribution >= 0.6 is 0 Å². The molecule has 0 fully saturated rings. The summed E-state index contributed by atoms with van der Waals surface area (Å²) < 4.78 is 38.8. The maximum absolute atomic E-state index is 13.8. The molecule has 1 aliphatic heterocycles. The standard InChI is InChI=1S/C26H26N2O6S/c1-18-9-14-23-20(15-18)16-28(35(31,32)22-12-10-21(33-2)11-13-22)24(26(30)34-3)17-27(23)25(29)19-7-5-4-6-8-19/h4-15,24H,16-17H2,1-3H3. The van der Waals surface area contributed by atoms with Crippen LogP contribution in [0.1, 0.15) is 21.5 Å². The highest BCUT2D eigenvalue weighted by Gasteiger charge is 2.42. The fraction of sp³-hybridized carbons (Fsp3) is 0.231. The molecule has 0 saturated heterocycles. The first-order valence-electron chi connectivity index (χ1n) is 11.0. The Morgan fingerprint density at radius 1 is 0.943 bits per heavy atom. The van der Waals surface area contributed by atoms with E-state index in [9.17, 15) is 18.0 Å². The number of amides is 1. The normalized spacial score (nSPS) is 16.2. The molecule has 1 unspecified atom stereocenters. The number of aryl methyl sites for hydroxylation is 1. The molecule has 0 aromatic heterocycles. The van der Waals surface area contributed by atoms with Gasteiger partial charge in [0.25, 0.3) is 5.91 Å². The molecule has 1 heterocycles. The largest absolute Gasteiger partial charge is 0.497 e. The van der Waals surface area contributed by atoms with Crippen molar-refractivity contribution >= 4 is 27.6 Å². The number of methoxy groups -OCH3 is 2. The quantitative estimate of drug-likeness (QED) is 0.505. The minimum atomic E-state index is -4.14. The summed E-state index contributed by atoms with van der Waals surface area (Å²) >= 11 is 0. The van der Waals surface area contributed by atoms with Crippen LogP contribution in [-0.4, -0.2) is 51.4 Å². The highest BCUT2D eigenvalue weighted by atomic mass is 32.2. The van der Waals surface area contributed by atoms with Gasteiger partial charge in [-0.1, -0.05) is 35.9 Å². The predicted octanol–water partition coefficient (Wildman–Crippen LogP) is 3.40. The third-order valence-electron chi connectivity index (χ3n) is 5.96. The minimum Gasteiger partial charge on any atom is -0.497 e. The number of hydrogen-bond donors (Lipinski definition) is 0. The Bertz CT molecular complexity index is 1340. The average Bonchev–Trinajstić information content (AvgIpc) is 3.05. The Morgan fingerprint density at radius 2 is 1.63 bits per heavy atom. The van der Waals surface area contributed by atoms with E-state index in [0.29, 0.717) is 22.6 Å². The number of anilines is 1. The van der Waals surface area contributed by atoms with Crippen molar-refractivity contribution in [2.24, 2.45) is 0 Å². The molecule has 0 saturated carbocycles. The van der Waals surface area contributed by atoms with Gasteiger partial charge >= 0.3 is 5.97 Å². The van der Waals surface area contributed by atoms with E-state index in [4.69, 9.17) is 9.47 Å². The van der Waals surface area contributed by atoms with Crippen LogP contribution in [0.25, 0.3) is 0 Å². The lowest BCUT2D eigenvalue weighted by atomic mass is 10.1. The number of carbonyl (C=O) groups excluding carboxylic acids is 2. The third kappa shape index (κ3) is 4.78. The van der Waals surface area contributed by atoms with Crippen LogP contribution in [-0.2, 0) is 26.1 Å². The number of ether oxygens (including phenoxy) is 2. The molecular formula is C26H26N2O6S. The molecule has 1 aliphatic rings. The average molecular weight is 495 g/mol. The summed E-state index contributed by atoms with van der Waals surface area (Å²) in [4.78, 5) is 27.9. The van der Waals surface area contributed by atoms with Gasteiger partial charge in [-0.2, -0.15) is 4.31 Å². The summed E-state index contributed by atoms with van der Waals surface area (Å²) in [6, 6.07) is 18.8. The van der Waals surface area contributed by atoms with Crippen LogP contribution in [0.3, 0.4) is 0 Å². The topological polar surface area (TPSA) is 93.2 Å². The van der Waals surface area contributed by atoms with Gasteiger partial charge in [0.05, 0.1) is 25.7 Å². The number of rotatable bonds is 5. The first-order valence-corrected chi connectivity index (χ1v) is 12.4. The first-order chi connectivity index (χ1) is 16.8. The molecule has 1 atom stereocenters. The van der Waals surface area contributed by atoms with Gasteiger partial charge in [-0.05, 0) is 55.0 Å². The van der Waals surface area contributed by atoms with Crippen molar-refractivity contribution in [3.8, 4) is 5.75 Å². The molecule has 4 rings (SSSR count). The van der Waals surface area contributed by atoms with Crippen LogP contribution in [0, 0.1) is 6.92 Å². The summed E-state index contributed by atoms with van der Waals surface area (Å²) in [6.07, 6.45) is 0. The second-order valence-corrected chi connectivity index (χ2v) is 10.1. The lowest BCUT2D eigenvalue weighted by Gasteiger charge is -2.29. The summed E-state index contributed by atoms with van der Waals surface area (Å²) in [5.74, 6) is -0.587. The van der Waals surface area contributed by atoms with Crippen molar-refractivity contribution in [1.82, 2.24) is 4.31 Å². The van der Waals surface area contributed by atoms with E-state index in [1.165, 1.54) is 31.3 Å². The summed E-state index contributed by atoms with van der Waals surface area (Å²) in [6.45, 7) is 1.57. The molecule has 0 radical (unpaired) electrons. The van der Waals surface area contributed by atoms with Crippen molar-refractivity contribution in [1.29, 1.82) is 0 Å². The third-order valence-corrected chi connectivity index (χ3v) is 7.83. The highest BCUT2D eigenvalue weighted by molar-refractivity contribution is 7.89. The van der Waals surface area contributed by atoms with Crippen molar-refractivity contribution in [2.75, 3.05) is 25.7 Å². The highest BCUT2D eigenvalue weighted by Crippen LogP contribution is 2.33. The monoisotopic (exact) mass is 494 g/mol. The van der Waals surface area contributed by atoms with E-state index in [1.54, 1.807) is 48.5 Å². The van der Waals surface area contributed by atoms with Crippen molar-refractivity contribution in [2.45, 2.75) is 24.4 Å². The van der Waals surface area contributed by atoms with Crippen molar-refractivity contribution < 1.29 is 27.5 Å². The molecule has 182 valence electrons. The van der Waals surface area contributed by atoms with Crippen molar-refractivity contribution in [3.05, 3.63) is 89.5 Å². The van der Waals surface area contributed by atoms with E-state index in [0.717, 1.165) is 9.87 Å². The second-order valence-electron chi connectivity index (χ2n) is 8.18. The van der Waals surface area contributed by atoms with Crippen LogP contribution in [0.2, 0.25) is 0 Å². The van der Waals surface area contributed by atoms with Gasteiger partial charge in [-0.3, -0.25) is 9.59 Å². The maximum Gasteiger partial charge on any atom is 0.326 e. The van der Waals surface area contributed by atoms with E-state index in [2.05, 4.69) is 0 Å². The van der Waals surface area contributed by atoms with Crippen molar-refractivity contribution in [3.63, 3.8) is 0 Å². The number of nitrogens with zero attached hydrogens (tertiary/aromatic N) is 2. The van der Waals surface area contributed by atoms with Gasteiger partial charge < -0.3 is 14.4 Å². The van der Waals surface area contributed by atoms with Crippen LogP contribution in [0.15, 0.2) is 77.7 Å². The molecule has 8 nitrogen and oxygen atoms in total. The Hall–Kier alpha value is -3.69. The van der Waals surface area contributed by atoms with Gasteiger partial charge in [0.1, 0.15) is 11.8 Å². The summed E-state index contributed by atoms with van der Waals surface area (Å²) in [5, 5.41) is 0. The molecule has 0 spiro atoms. The van der Waals surface area contributed by atoms with Gasteiger partial charge in [0, 0.05) is 17.8 Å². The van der Waals surface area contributed by atoms with Crippen LogP contribution in [0.4, 0.5) is 5.69 Å². The first kappa shape index (κ1) is 24.4. The molecule has 0 N–H and O–H groups in total. The number of carbonyl (C=O) groups is 2. The SMILES string of the molecule is COC(=O)C1CN(C(=O)c2ccccc2)c2ccc(C)cc2CN1S(=O)(=O)c1ccc(OC)cc1. The molecular weight excluding hydrogens is 468 g/mol. The zero-order valence-electron chi connectivity index (χ0n) is 19.7. The van der Waals surface area contributed by atoms with E-state index in [-0.39, 0.29) is 23.9 Å². The zero-order valence-corrected chi connectivity index (χ0v) is 20.5. The minimum absolute atomic E-state index is 0.00393. The molecule has 9 heteroatoms. The fourth-order valence-electron chi connectivity index (χ4n) is 4.14. The molecule has 35 heavy (non-hydrogen) atoms. The summed E-state index contributed by atoms with van der Waals surface area (Å²) in [5.41, 5.74) is 2.48. The Labute approximate surface area is 204 Å². The zero-order chi connectivity index (χ0) is 25.2. The summed E-state index contributed by atoms with van der Waals surface area (Å²) in [7, 11) is -1.46. The Kier molecular flexibility index (Phi) is 6.90. The van der Waals surface area contributed by atoms with E-state index in [1.807, 2.05) is 19.1 Å². The van der Waals surface area contributed by atoms with Crippen LogP contribution in [0.5, 0.6) is 5.75 Å². The second kappa shape index (κ2) is 9.89. The lowest BCUT2D eigenvalue weighted by Crippen LogP contribution is -2.50. The molecule has 3 aromatic rings. The number of esters is 1. The molecule has 3 aromatic carbocycles.